The molecule has 0 amide bonds. The van der Waals surface area contributed by atoms with Crippen LogP contribution in [0.5, 0.6) is 0 Å². The van der Waals surface area contributed by atoms with Crippen molar-refractivity contribution in [2.24, 2.45) is 0 Å². The lowest BCUT2D eigenvalue weighted by atomic mass is 9.92. The minimum Gasteiger partial charge on any atom is -0.394 e. The molecule has 0 radical (unpaired) electrons. The molecule has 10 heteroatoms. The summed E-state index contributed by atoms with van der Waals surface area (Å²) in [4.78, 5) is 7.11. The molecule has 0 unspecified atom stereocenters. The lowest BCUT2D eigenvalue weighted by Crippen LogP contribution is -2.40. The zero-order chi connectivity index (χ0) is 16.8. The predicted octanol–water partition coefficient (Wildman–Crippen LogP) is -1.31. The fourth-order valence-corrected chi connectivity index (χ4v) is 2.73. The Morgan fingerprint density at radius 2 is 2.30 bits per heavy atom. The van der Waals surface area contributed by atoms with Gasteiger partial charge in [-0.3, -0.25) is 0 Å². The molecule has 118 valence electrons. The predicted molar refractivity (Wildman–Crippen MR) is 74.9 cm³/mol. The summed E-state index contributed by atoms with van der Waals surface area (Å²) >= 11 is 0. The molecule has 1 fully saturated rings. The number of nitrogens with zero attached hydrogens (tertiary/aromatic N) is 5. The second-order valence-corrected chi connectivity index (χ2v) is 5.05. The van der Waals surface area contributed by atoms with Crippen LogP contribution in [-0.4, -0.2) is 54.8 Å². The minimum absolute atomic E-state index is 0.0251. The normalized spacial score (nSPS) is 30.2. The Morgan fingerprint density at radius 1 is 1.57 bits per heavy atom. The van der Waals surface area contributed by atoms with E-state index in [0.717, 1.165) is 6.33 Å². The SMILES string of the molecule is [C-]#[N+]c1cc([C@]2(C#N)O[C@H](CO)[C@@H](O)[C@H]2O)n2ncnc(N)c12. The maximum atomic E-state index is 10.3. The molecule has 3 heterocycles. The second-order valence-electron chi connectivity index (χ2n) is 5.05. The summed E-state index contributed by atoms with van der Waals surface area (Å²) in [5.41, 5.74) is 4.02. The maximum absolute atomic E-state index is 10.3. The fourth-order valence-electron chi connectivity index (χ4n) is 2.73. The molecule has 0 aliphatic carbocycles. The van der Waals surface area contributed by atoms with Gasteiger partial charge in [0.15, 0.2) is 0 Å². The highest BCUT2D eigenvalue weighted by atomic mass is 16.6. The van der Waals surface area contributed by atoms with Gasteiger partial charge in [-0.25, -0.2) is 14.3 Å². The third-order valence-electron chi connectivity index (χ3n) is 3.87. The fraction of sp³-hybridized carbons (Fsp3) is 0.385. The van der Waals surface area contributed by atoms with Gasteiger partial charge in [0.2, 0.25) is 11.3 Å². The topological polar surface area (TPSA) is 154 Å². The number of fused-ring (bicyclic) bond motifs is 1. The molecule has 1 saturated heterocycles. The Kier molecular flexibility index (Phi) is 3.39. The number of nitrogen functional groups attached to an aromatic ring is 1. The zero-order valence-electron chi connectivity index (χ0n) is 11.7. The number of nitrogens with two attached hydrogens (primary N) is 1. The van der Waals surface area contributed by atoms with E-state index in [9.17, 15) is 20.6 Å². The molecule has 1 aliphatic rings. The van der Waals surface area contributed by atoms with Crippen LogP contribution in [0.25, 0.3) is 10.4 Å². The molecule has 0 saturated carbocycles. The molecule has 0 bridgehead atoms. The van der Waals surface area contributed by atoms with Crippen molar-refractivity contribution in [2.75, 3.05) is 12.3 Å². The van der Waals surface area contributed by atoms with Gasteiger partial charge in [0, 0.05) is 0 Å². The van der Waals surface area contributed by atoms with Gasteiger partial charge in [-0.05, 0) is 6.07 Å². The van der Waals surface area contributed by atoms with Gasteiger partial charge in [0.05, 0.1) is 18.9 Å². The lowest BCUT2D eigenvalue weighted by Gasteiger charge is -2.24. The van der Waals surface area contributed by atoms with E-state index >= 15 is 0 Å². The molecule has 0 aromatic carbocycles. The number of nitriles is 1. The van der Waals surface area contributed by atoms with Crippen LogP contribution < -0.4 is 5.73 Å². The van der Waals surface area contributed by atoms with E-state index in [1.807, 2.05) is 6.07 Å². The molecule has 10 nitrogen and oxygen atoms in total. The van der Waals surface area contributed by atoms with Crippen molar-refractivity contribution in [1.82, 2.24) is 14.6 Å². The van der Waals surface area contributed by atoms with Crippen molar-refractivity contribution in [3.05, 3.63) is 29.5 Å². The number of aliphatic hydroxyl groups excluding tert-OH is 3. The standard InChI is InChI=1S/C13H12N6O4/c1-16-6-2-8(19-9(6)12(15)17-5-18-19)13(4-14)11(22)10(21)7(3-20)23-13/h2,5,7,10-11,20-22H,3H2,(H2,15,17,18)/t7-,10-,11-,13+/m1/s1. The van der Waals surface area contributed by atoms with Crippen LogP contribution in [0.2, 0.25) is 0 Å². The number of anilines is 1. The molecule has 2 aromatic rings. The summed E-state index contributed by atoms with van der Waals surface area (Å²) in [5.74, 6) is 0.0251. The Morgan fingerprint density at radius 3 is 2.87 bits per heavy atom. The summed E-state index contributed by atoms with van der Waals surface area (Å²) in [5, 5.41) is 43.0. The Hall–Kier alpha value is -2.76. The van der Waals surface area contributed by atoms with Crippen molar-refractivity contribution in [3.63, 3.8) is 0 Å². The number of ether oxygens (including phenoxy) is 1. The molecule has 5 N–H and O–H groups in total. The number of aromatic nitrogens is 3. The number of rotatable bonds is 2. The molecular weight excluding hydrogens is 304 g/mol. The van der Waals surface area contributed by atoms with E-state index in [0.29, 0.717) is 0 Å². The van der Waals surface area contributed by atoms with Crippen molar-refractivity contribution in [2.45, 2.75) is 23.9 Å². The monoisotopic (exact) mass is 316 g/mol. The lowest BCUT2D eigenvalue weighted by molar-refractivity contribution is -0.0642. The highest BCUT2D eigenvalue weighted by Crippen LogP contribution is 2.42. The van der Waals surface area contributed by atoms with E-state index < -0.39 is 30.5 Å². The third kappa shape index (κ3) is 1.87. The first-order chi connectivity index (χ1) is 11.0. The van der Waals surface area contributed by atoms with Crippen LogP contribution in [0.15, 0.2) is 12.4 Å². The third-order valence-corrected chi connectivity index (χ3v) is 3.87. The molecule has 23 heavy (non-hydrogen) atoms. The van der Waals surface area contributed by atoms with E-state index in [4.69, 9.17) is 17.0 Å². The molecule has 2 aromatic heterocycles. The summed E-state index contributed by atoms with van der Waals surface area (Å²) in [7, 11) is 0. The summed E-state index contributed by atoms with van der Waals surface area (Å²) in [6.07, 6.45) is -3.13. The summed E-state index contributed by atoms with van der Waals surface area (Å²) in [6, 6.07) is 3.12. The van der Waals surface area contributed by atoms with E-state index in [1.165, 1.54) is 10.6 Å². The van der Waals surface area contributed by atoms with E-state index in [2.05, 4.69) is 14.9 Å². The van der Waals surface area contributed by atoms with Crippen LogP contribution in [-0.2, 0) is 10.3 Å². The average Bonchev–Trinajstić information content (AvgIpc) is 3.06. The first-order valence-electron chi connectivity index (χ1n) is 6.56. The van der Waals surface area contributed by atoms with Crippen LogP contribution in [0.3, 0.4) is 0 Å². The van der Waals surface area contributed by atoms with Crippen LogP contribution >= 0.6 is 0 Å². The Labute approximate surface area is 129 Å². The van der Waals surface area contributed by atoms with Gasteiger partial charge >= 0.3 is 0 Å². The van der Waals surface area contributed by atoms with Gasteiger partial charge in [-0.2, -0.15) is 10.4 Å². The molecule has 4 atom stereocenters. The van der Waals surface area contributed by atoms with Crippen LogP contribution in [0.1, 0.15) is 5.69 Å². The molecule has 1 aliphatic heterocycles. The number of hydrogen-bond donors (Lipinski definition) is 4. The average molecular weight is 316 g/mol. The second kappa shape index (κ2) is 5.15. The Balaban J connectivity index is 2.30. The van der Waals surface area contributed by atoms with Crippen molar-refractivity contribution in [3.8, 4) is 6.07 Å². The van der Waals surface area contributed by atoms with Gasteiger partial charge in [-0.1, -0.05) is 0 Å². The van der Waals surface area contributed by atoms with E-state index in [1.54, 1.807) is 0 Å². The molecular formula is C13H12N6O4. The first kappa shape index (κ1) is 15.1. The molecule has 0 spiro atoms. The summed E-state index contributed by atoms with van der Waals surface area (Å²) in [6.45, 7) is 6.63. The van der Waals surface area contributed by atoms with Gasteiger partial charge in [0.1, 0.15) is 42.0 Å². The van der Waals surface area contributed by atoms with Gasteiger partial charge < -0.3 is 25.8 Å². The van der Waals surface area contributed by atoms with E-state index in [-0.39, 0.29) is 22.7 Å². The van der Waals surface area contributed by atoms with Crippen LogP contribution in [0.4, 0.5) is 11.5 Å². The maximum Gasteiger partial charge on any atom is 0.224 e. The molecule has 3 rings (SSSR count). The first-order valence-corrected chi connectivity index (χ1v) is 6.56. The van der Waals surface area contributed by atoms with Gasteiger partial charge in [-0.15, -0.1) is 0 Å². The van der Waals surface area contributed by atoms with Crippen LogP contribution in [0, 0.1) is 17.9 Å². The van der Waals surface area contributed by atoms with Gasteiger partial charge in [0.25, 0.3) is 0 Å². The van der Waals surface area contributed by atoms with Crippen molar-refractivity contribution < 1.29 is 20.1 Å². The smallest absolute Gasteiger partial charge is 0.224 e. The highest BCUT2D eigenvalue weighted by molar-refractivity contribution is 5.84. The zero-order valence-corrected chi connectivity index (χ0v) is 11.7. The quantitative estimate of drug-likeness (QED) is 0.498. The largest absolute Gasteiger partial charge is 0.394 e. The minimum atomic E-state index is -2.00. The van der Waals surface area contributed by atoms with Crippen molar-refractivity contribution >= 4 is 17.0 Å². The van der Waals surface area contributed by atoms with Crippen molar-refractivity contribution in [1.29, 1.82) is 5.26 Å². The number of aliphatic hydroxyl groups is 3. The Bertz CT molecular complexity index is 852. The highest BCUT2D eigenvalue weighted by Gasteiger charge is 2.57. The number of hydrogen-bond acceptors (Lipinski definition) is 8. The summed E-state index contributed by atoms with van der Waals surface area (Å²) < 4.78 is 6.60.